The number of hydrogen-bond donors (Lipinski definition) is 2. The zero-order chi connectivity index (χ0) is 18.1. The molecule has 0 aliphatic heterocycles. The summed E-state index contributed by atoms with van der Waals surface area (Å²) >= 11 is 0. The number of carboxylic acids is 1. The second-order valence-corrected chi connectivity index (χ2v) is 7.46. The molecular formula is C17H18FNO4S. The van der Waals surface area contributed by atoms with E-state index in [1.165, 1.54) is 19.1 Å². The van der Waals surface area contributed by atoms with Gasteiger partial charge in [-0.2, -0.15) is 0 Å². The fourth-order valence-corrected chi connectivity index (χ4v) is 3.42. The molecule has 0 amide bonds. The maximum absolute atomic E-state index is 13.4. The van der Waals surface area contributed by atoms with E-state index in [0.29, 0.717) is 0 Å². The summed E-state index contributed by atoms with van der Waals surface area (Å²) in [7, 11) is -3.98. The van der Waals surface area contributed by atoms with Gasteiger partial charge in [0.2, 0.25) is 0 Å². The molecule has 0 saturated heterocycles. The molecule has 5 nitrogen and oxygen atoms in total. The summed E-state index contributed by atoms with van der Waals surface area (Å²) < 4.78 is 40.7. The van der Waals surface area contributed by atoms with Crippen LogP contribution in [0.25, 0.3) is 0 Å². The average molecular weight is 351 g/mol. The SMILES string of the molecule is Cc1cc(F)cc(C(=O)O)c1NS(=O)(=O)c1ccc(C(C)C)cc1. The van der Waals surface area contributed by atoms with Crippen LogP contribution in [0.3, 0.4) is 0 Å². The van der Waals surface area contributed by atoms with Crippen LogP contribution in [0, 0.1) is 12.7 Å². The third kappa shape index (κ3) is 3.73. The second kappa shape index (κ2) is 6.60. The molecule has 0 unspecified atom stereocenters. The summed E-state index contributed by atoms with van der Waals surface area (Å²) in [6.45, 7) is 5.42. The number of hydrogen-bond acceptors (Lipinski definition) is 3. The van der Waals surface area contributed by atoms with Gasteiger partial charge in [-0.1, -0.05) is 26.0 Å². The van der Waals surface area contributed by atoms with Crippen LogP contribution in [0.5, 0.6) is 0 Å². The maximum Gasteiger partial charge on any atom is 0.337 e. The lowest BCUT2D eigenvalue weighted by Crippen LogP contribution is -2.17. The summed E-state index contributed by atoms with van der Waals surface area (Å²) in [4.78, 5) is 11.3. The normalized spacial score (nSPS) is 11.5. The Morgan fingerprint density at radius 3 is 2.25 bits per heavy atom. The van der Waals surface area contributed by atoms with Crippen LogP contribution in [0.15, 0.2) is 41.3 Å². The third-order valence-electron chi connectivity index (χ3n) is 3.62. The molecule has 7 heteroatoms. The molecule has 2 rings (SSSR count). The van der Waals surface area contributed by atoms with E-state index in [2.05, 4.69) is 4.72 Å². The van der Waals surface area contributed by atoms with E-state index in [-0.39, 0.29) is 22.1 Å². The van der Waals surface area contributed by atoms with Crippen molar-refractivity contribution < 1.29 is 22.7 Å². The summed E-state index contributed by atoms with van der Waals surface area (Å²) in [5, 5.41) is 9.18. The van der Waals surface area contributed by atoms with Crippen molar-refractivity contribution in [2.45, 2.75) is 31.6 Å². The Morgan fingerprint density at radius 2 is 1.75 bits per heavy atom. The van der Waals surface area contributed by atoms with Gasteiger partial charge in [-0.25, -0.2) is 17.6 Å². The van der Waals surface area contributed by atoms with Gasteiger partial charge in [0.1, 0.15) is 5.82 Å². The van der Waals surface area contributed by atoms with Gasteiger partial charge in [0.15, 0.2) is 0 Å². The first kappa shape index (κ1) is 17.9. The second-order valence-electron chi connectivity index (χ2n) is 5.78. The van der Waals surface area contributed by atoms with E-state index in [9.17, 15) is 22.7 Å². The minimum atomic E-state index is -3.98. The molecule has 24 heavy (non-hydrogen) atoms. The zero-order valence-corrected chi connectivity index (χ0v) is 14.3. The average Bonchev–Trinajstić information content (AvgIpc) is 2.49. The molecule has 0 bridgehead atoms. The molecule has 0 aliphatic carbocycles. The molecule has 2 aromatic rings. The van der Waals surface area contributed by atoms with E-state index < -0.39 is 27.4 Å². The lowest BCUT2D eigenvalue weighted by atomic mass is 10.0. The van der Waals surface area contributed by atoms with Gasteiger partial charge in [0.05, 0.1) is 16.1 Å². The van der Waals surface area contributed by atoms with Gasteiger partial charge >= 0.3 is 5.97 Å². The largest absolute Gasteiger partial charge is 0.478 e. The summed E-state index contributed by atoms with van der Waals surface area (Å²) in [6, 6.07) is 8.18. The van der Waals surface area contributed by atoms with Crippen molar-refractivity contribution in [2.24, 2.45) is 0 Å². The Hall–Kier alpha value is -2.41. The minimum Gasteiger partial charge on any atom is -0.478 e. The Bertz CT molecular complexity index is 874. The van der Waals surface area contributed by atoms with Gasteiger partial charge < -0.3 is 5.11 Å². The molecule has 0 saturated carbocycles. The van der Waals surface area contributed by atoms with Crippen LogP contribution in [-0.4, -0.2) is 19.5 Å². The first-order valence-electron chi connectivity index (χ1n) is 7.28. The predicted molar refractivity (Wildman–Crippen MR) is 89.4 cm³/mol. The van der Waals surface area contributed by atoms with Crippen molar-refractivity contribution in [3.63, 3.8) is 0 Å². The highest BCUT2D eigenvalue weighted by Crippen LogP contribution is 2.26. The van der Waals surface area contributed by atoms with Crippen molar-refractivity contribution in [1.82, 2.24) is 0 Å². The number of carbonyl (C=O) groups is 1. The number of halogens is 1. The van der Waals surface area contributed by atoms with Crippen molar-refractivity contribution in [1.29, 1.82) is 0 Å². The Morgan fingerprint density at radius 1 is 1.17 bits per heavy atom. The quantitative estimate of drug-likeness (QED) is 0.859. The lowest BCUT2D eigenvalue weighted by Gasteiger charge is -2.14. The summed E-state index contributed by atoms with van der Waals surface area (Å²) in [5.41, 5.74) is 0.597. The minimum absolute atomic E-state index is 0.00645. The van der Waals surface area contributed by atoms with E-state index >= 15 is 0 Å². The van der Waals surface area contributed by atoms with Crippen LogP contribution in [-0.2, 0) is 10.0 Å². The Balaban J connectivity index is 2.45. The van der Waals surface area contributed by atoms with E-state index in [4.69, 9.17) is 0 Å². The number of anilines is 1. The standard InChI is InChI=1S/C17H18FNO4S/c1-10(2)12-4-6-14(7-5-12)24(22,23)19-16-11(3)8-13(18)9-15(16)17(20)21/h4-10,19H,1-3H3,(H,20,21). The van der Waals surface area contributed by atoms with E-state index in [0.717, 1.165) is 17.7 Å². The number of aryl methyl sites for hydroxylation is 1. The first-order chi connectivity index (χ1) is 11.1. The van der Waals surface area contributed by atoms with Crippen molar-refractivity contribution in [3.05, 3.63) is 58.9 Å². The number of nitrogens with one attached hydrogen (secondary N) is 1. The third-order valence-corrected chi connectivity index (χ3v) is 4.99. The summed E-state index contributed by atoms with van der Waals surface area (Å²) in [5.74, 6) is -1.90. The van der Waals surface area contributed by atoms with Gasteiger partial charge in [-0.3, -0.25) is 4.72 Å². The van der Waals surface area contributed by atoms with Crippen molar-refractivity contribution >= 4 is 21.7 Å². The zero-order valence-electron chi connectivity index (χ0n) is 13.5. The number of carboxylic acid groups (broad SMARTS) is 1. The van der Waals surface area contributed by atoms with Gasteiger partial charge in [-0.05, 0) is 48.2 Å². The first-order valence-corrected chi connectivity index (χ1v) is 8.76. The van der Waals surface area contributed by atoms with Crippen LogP contribution in [0.2, 0.25) is 0 Å². The molecule has 0 radical (unpaired) electrons. The van der Waals surface area contributed by atoms with Gasteiger partial charge in [-0.15, -0.1) is 0 Å². The van der Waals surface area contributed by atoms with Crippen LogP contribution >= 0.6 is 0 Å². The number of benzene rings is 2. The molecule has 0 aromatic heterocycles. The Labute approximate surface area is 140 Å². The summed E-state index contributed by atoms with van der Waals surface area (Å²) in [6.07, 6.45) is 0. The van der Waals surface area contributed by atoms with Gasteiger partial charge in [0.25, 0.3) is 10.0 Å². The number of aromatic carboxylic acids is 1. The van der Waals surface area contributed by atoms with Crippen LogP contribution < -0.4 is 4.72 Å². The van der Waals surface area contributed by atoms with E-state index in [1.54, 1.807) is 12.1 Å². The van der Waals surface area contributed by atoms with Crippen LogP contribution in [0.4, 0.5) is 10.1 Å². The fraction of sp³-hybridized carbons (Fsp3) is 0.235. The van der Waals surface area contributed by atoms with Crippen LogP contribution in [0.1, 0.15) is 41.3 Å². The topological polar surface area (TPSA) is 83.5 Å². The van der Waals surface area contributed by atoms with E-state index in [1.807, 2.05) is 13.8 Å². The molecule has 0 spiro atoms. The monoisotopic (exact) mass is 351 g/mol. The lowest BCUT2D eigenvalue weighted by molar-refractivity contribution is 0.0697. The molecule has 0 aliphatic rings. The molecular weight excluding hydrogens is 333 g/mol. The molecule has 2 aromatic carbocycles. The highest BCUT2D eigenvalue weighted by molar-refractivity contribution is 7.92. The Kier molecular flexibility index (Phi) is 4.94. The molecule has 128 valence electrons. The highest BCUT2D eigenvalue weighted by atomic mass is 32.2. The molecule has 2 N–H and O–H groups in total. The fourth-order valence-electron chi connectivity index (χ4n) is 2.27. The van der Waals surface area contributed by atoms with Gasteiger partial charge in [0, 0.05) is 0 Å². The van der Waals surface area contributed by atoms with Crippen molar-refractivity contribution in [3.8, 4) is 0 Å². The highest BCUT2D eigenvalue weighted by Gasteiger charge is 2.21. The molecule has 0 atom stereocenters. The smallest absolute Gasteiger partial charge is 0.337 e. The molecule has 0 heterocycles. The molecule has 0 fully saturated rings. The van der Waals surface area contributed by atoms with Crippen molar-refractivity contribution in [2.75, 3.05) is 4.72 Å². The number of rotatable bonds is 5. The maximum atomic E-state index is 13.4. The predicted octanol–water partition coefficient (Wildman–Crippen LogP) is 3.76. The number of sulfonamides is 1.